The molecule has 1 N–H and O–H groups in total. The highest BCUT2D eigenvalue weighted by Gasteiger charge is 2.19. The van der Waals surface area contributed by atoms with Crippen LogP contribution in [0.5, 0.6) is 0 Å². The number of nitrogens with one attached hydrogen (secondary N) is 1. The fourth-order valence-electron chi connectivity index (χ4n) is 3.79. The van der Waals surface area contributed by atoms with Crippen LogP contribution < -0.4 is 5.69 Å². The van der Waals surface area contributed by atoms with Crippen molar-refractivity contribution in [3.63, 3.8) is 0 Å². The third-order valence-corrected chi connectivity index (χ3v) is 5.39. The Balaban J connectivity index is 1.86. The van der Waals surface area contributed by atoms with Gasteiger partial charge in [-0.2, -0.15) is 0 Å². The summed E-state index contributed by atoms with van der Waals surface area (Å²) in [4.78, 5) is 26.9. The van der Waals surface area contributed by atoms with E-state index in [-0.39, 0.29) is 24.1 Å². The molecule has 164 valence electrons. The third-order valence-electron chi connectivity index (χ3n) is 5.39. The molecule has 0 aliphatic rings. The third kappa shape index (κ3) is 3.79. The molecule has 1 aromatic carbocycles. The minimum Gasteiger partial charge on any atom is -0.478 e. The number of ether oxygens (including phenoxy) is 1. The van der Waals surface area contributed by atoms with Crippen molar-refractivity contribution >= 4 is 17.1 Å². The fraction of sp³-hybridized carbons (Fsp3) is 0.292. The Morgan fingerprint density at radius 3 is 2.69 bits per heavy atom. The second-order valence-electron chi connectivity index (χ2n) is 7.84. The molecule has 4 rings (SSSR count). The van der Waals surface area contributed by atoms with Crippen molar-refractivity contribution in [1.82, 2.24) is 24.1 Å². The minimum absolute atomic E-state index is 0.0867. The van der Waals surface area contributed by atoms with E-state index in [4.69, 9.17) is 15.1 Å². The Hall–Kier alpha value is -3.81. The van der Waals surface area contributed by atoms with Crippen molar-refractivity contribution in [2.45, 2.75) is 33.2 Å². The van der Waals surface area contributed by atoms with E-state index in [0.29, 0.717) is 29.2 Å². The first-order chi connectivity index (χ1) is 15.4. The van der Waals surface area contributed by atoms with E-state index in [9.17, 15) is 4.79 Å². The van der Waals surface area contributed by atoms with Crippen LogP contribution in [0.4, 0.5) is 0 Å². The number of rotatable bonds is 6. The van der Waals surface area contributed by atoms with E-state index in [1.54, 1.807) is 28.6 Å². The standard InChI is InChI=1S/C24H26N6O2/c1-5-32-21(25)17-10-7-6-9-16(17)14-30-23-19(29(4)24(30)31)13-27-22(28-23)18-11-8-12-26-20(18)15(2)3/h6-13,15,25H,5,14H2,1-4H3. The molecule has 4 aromatic rings. The molecule has 0 fully saturated rings. The second kappa shape index (κ2) is 8.74. The van der Waals surface area contributed by atoms with Gasteiger partial charge in [0.1, 0.15) is 5.52 Å². The Kier molecular flexibility index (Phi) is 5.85. The van der Waals surface area contributed by atoms with E-state index >= 15 is 0 Å². The molecule has 0 amide bonds. The molecule has 0 spiro atoms. The number of aryl methyl sites for hydroxylation is 1. The van der Waals surface area contributed by atoms with Gasteiger partial charge in [0.2, 0.25) is 5.90 Å². The van der Waals surface area contributed by atoms with Gasteiger partial charge in [-0.25, -0.2) is 14.8 Å². The summed E-state index contributed by atoms with van der Waals surface area (Å²) in [6, 6.07) is 11.3. The maximum absolute atomic E-state index is 13.1. The molecule has 0 radical (unpaired) electrons. The van der Waals surface area contributed by atoms with Gasteiger partial charge >= 0.3 is 5.69 Å². The van der Waals surface area contributed by atoms with Crippen LogP contribution in [0.15, 0.2) is 53.6 Å². The van der Waals surface area contributed by atoms with Crippen LogP contribution >= 0.6 is 0 Å². The van der Waals surface area contributed by atoms with Gasteiger partial charge in [-0.1, -0.05) is 32.0 Å². The number of fused-ring (bicyclic) bond motifs is 1. The Bertz CT molecular complexity index is 1350. The SMILES string of the molecule is CCOC(=N)c1ccccc1Cn1c(=O)n(C)c2cnc(-c3cccnc3C(C)C)nc21. The van der Waals surface area contributed by atoms with Gasteiger partial charge in [0, 0.05) is 24.4 Å². The molecule has 0 saturated carbocycles. The van der Waals surface area contributed by atoms with Crippen molar-refractivity contribution in [2.24, 2.45) is 7.05 Å². The predicted octanol–water partition coefficient (Wildman–Crippen LogP) is 3.73. The Morgan fingerprint density at radius 2 is 1.94 bits per heavy atom. The molecule has 0 aliphatic carbocycles. The molecule has 8 nitrogen and oxygen atoms in total. The summed E-state index contributed by atoms with van der Waals surface area (Å²) in [5.41, 5.74) is 4.22. The van der Waals surface area contributed by atoms with Gasteiger partial charge in [0.25, 0.3) is 0 Å². The number of benzene rings is 1. The minimum atomic E-state index is -0.195. The maximum atomic E-state index is 13.1. The van der Waals surface area contributed by atoms with E-state index < -0.39 is 0 Å². The van der Waals surface area contributed by atoms with Crippen LogP contribution in [0.2, 0.25) is 0 Å². The summed E-state index contributed by atoms with van der Waals surface area (Å²) in [5.74, 6) is 0.826. The quantitative estimate of drug-likeness (QED) is 0.371. The molecule has 0 aliphatic heterocycles. The number of nitrogens with zero attached hydrogens (tertiary/aromatic N) is 5. The lowest BCUT2D eigenvalue weighted by Crippen LogP contribution is -2.24. The molecule has 8 heteroatoms. The Labute approximate surface area is 186 Å². The molecule has 3 heterocycles. The number of hydrogen-bond acceptors (Lipinski definition) is 6. The number of hydrogen-bond donors (Lipinski definition) is 1. The molecule has 32 heavy (non-hydrogen) atoms. The summed E-state index contributed by atoms with van der Waals surface area (Å²) in [7, 11) is 1.71. The van der Waals surface area contributed by atoms with Crippen molar-refractivity contribution in [2.75, 3.05) is 6.61 Å². The van der Waals surface area contributed by atoms with Crippen LogP contribution in [0, 0.1) is 5.41 Å². The lowest BCUT2D eigenvalue weighted by atomic mass is 10.0. The first kappa shape index (κ1) is 21.4. The summed E-state index contributed by atoms with van der Waals surface area (Å²) in [6.07, 6.45) is 3.45. The largest absolute Gasteiger partial charge is 0.478 e. The van der Waals surface area contributed by atoms with Crippen molar-refractivity contribution in [3.8, 4) is 11.4 Å². The smallest absolute Gasteiger partial charge is 0.330 e. The van der Waals surface area contributed by atoms with E-state index in [1.807, 2.05) is 43.3 Å². The number of imidazole rings is 1. The van der Waals surface area contributed by atoms with Crippen molar-refractivity contribution in [1.29, 1.82) is 5.41 Å². The van der Waals surface area contributed by atoms with Gasteiger partial charge in [-0.05, 0) is 36.6 Å². The Morgan fingerprint density at radius 1 is 1.16 bits per heavy atom. The monoisotopic (exact) mass is 430 g/mol. The lowest BCUT2D eigenvalue weighted by Gasteiger charge is -2.12. The molecule has 3 aromatic heterocycles. The summed E-state index contributed by atoms with van der Waals surface area (Å²) >= 11 is 0. The van der Waals surface area contributed by atoms with Crippen molar-refractivity contribution < 1.29 is 4.74 Å². The second-order valence-corrected chi connectivity index (χ2v) is 7.84. The van der Waals surface area contributed by atoms with Crippen LogP contribution in [0.25, 0.3) is 22.6 Å². The topological polar surface area (TPSA) is 98.7 Å². The fourth-order valence-corrected chi connectivity index (χ4v) is 3.79. The lowest BCUT2D eigenvalue weighted by molar-refractivity contribution is 0.325. The highest BCUT2D eigenvalue weighted by Crippen LogP contribution is 2.26. The highest BCUT2D eigenvalue weighted by molar-refractivity contribution is 5.93. The van der Waals surface area contributed by atoms with Gasteiger partial charge < -0.3 is 4.74 Å². The van der Waals surface area contributed by atoms with Gasteiger partial charge in [0.05, 0.1) is 25.0 Å². The van der Waals surface area contributed by atoms with Crippen LogP contribution in [0.3, 0.4) is 0 Å². The predicted molar refractivity (Wildman–Crippen MR) is 124 cm³/mol. The normalized spacial score (nSPS) is 11.3. The zero-order valence-electron chi connectivity index (χ0n) is 18.7. The zero-order chi connectivity index (χ0) is 22.8. The first-order valence-corrected chi connectivity index (χ1v) is 10.6. The average molecular weight is 431 g/mol. The zero-order valence-corrected chi connectivity index (χ0v) is 18.7. The molecule has 0 saturated heterocycles. The van der Waals surface area contributed by atoms with Gasteiger partial charge in [-0.3, -0.25) is 19.5 Å². The van der Waals surface area contributed by atoms with E-state index in [2.05, 4.69) is 23.8 Å². The summed E-state index contributed by atoms with van der Waals surface area (Å²) in [5, 5.41) is 8.22. The molecule has 0 unspecified atom stereocenters. The molecular formula is C24H26N6O2. The number of aromatic nitrogens is 5. The summed E-state index contributed by atoms with van der Waals surface area (Å²) < 4.78 is 8.56. The first-order valence-electron chi connectivity index (χ1n) is 10.6. The van der Waals surface area contributed by atoms with Gasteiger partial charge in [0.15, 0.2) is 11.5 Å². The molecule has 0 atom stereocenters. The maximum Gasteiger partial charge on any atom is 0.330 e. The molecular weight excluding hydrogens is 404 g/mol. The van der Waals surface area contributed by atoms with E-state index in [0.717, 1.165) is 16.8 Å². The van der Waals surface area contributed by atoms with Gasteiger partial charge in [-0.15, -0.1) is 0 Å². The highest BCUT2D eigenvalue weighted by atomic mass is 16.5. The van der Waals surface area contributed by atoms with Crippen LogP contribution in [0.1, 0.15) is 43.5 Å². The van der Waals surface area contributed by atoms with Crippen LogP contribution in [-0.4, -0.2) is 36.6 Å². The van der Waals surface area contributed by atoms with E-state index in [1.165, 1.54) is 0 Å². The van der Waals surface area contributed by atoms with Crippen molar-refractivity contribution in [3.05, 3.63) is 76.1 Å². The summed E-state index contributed by atoms with van der Waals surface area (Å²) in [6.45, 7) is 6.67. The average Bonchev–Trinajstić information content (AvgIpc) is 3.04. The van der Waals surface area contributed by atoms with Crippen LogP contribution in [-0.2, 0) is 18.3 Å². The number of pyridine rings is 1. The molecule has 0 bridgehead atoms.